The summed E-state index contributed by atoms with van der Waals surface area (Å²) < 4.78 is 5.56. The lowest BCUT2D eigenvalue weighted by Gasteiger charge is -2.35. The van der Waals surface area contributed by atoms with Gasteiger partial charge in [-0.15, -0.1) is 0 Å². The molecule has 1 aliphatic heterocycles. The van der Waals surface area contributed by atoms with Gasteiger partial charge in [-0.3, -0.25) is 4.79 Å². The van der Waals surface area contributed by atoms with Gasteiger partial charge in [0.2, 0.25) is 5.91 Å². The number of thiocarbonyl (C=S) groups is 1. The SMILES string of the molecule is CCC(C(=O)Nc1cccc(C2NC(=S)N(C)C(C)=C2C(=O)OCC(C)C)c1)c1ccccc1. The predicted molar refractivity (Wildman–Crippen MR) is 139 cm³/mol. The van der Waals surface area contributed by atoms with Gasteiger partial charge in [-0.05, 0) is 54.7 Å². The Morgan fingerprint density at radius 2 is 1.85 bits per heavy atom. The number of carbonyl (C=O) groups excluding carboxylic acids is 2. The van der Waals surface area contributed by atoms with E-state index in [0.717, 1.165) is 16.8 Å². The van der Waals surface area contributed by atoms with Gasteiger partial charge in [0, 0.05) is 18.4 Å². The van der Waals surface area contributed by atoms with Crippen molar-refractivity contribution in [2.75, 3.05) is 19.0 Å². The highest BCUT2D eigenvalue weighted by atomic mass is 32.1. The molecule has 0 aromatic heterocycles. The molecule has 2 aromatic rings. The third kappa shape index (κ3) is 5.83. The third-order valence-corrected chi connectivity index (χ3v) is 6.33. The molecule has 1 heterocycles. The van der Waals surface area contributed by atoms with Crippen LogP contribution in [-0.4, -0.2) is 35.5 Å². The van der Waals surface area contributed by atoms with Crippen molar-refractivity contribution in [1.82, 2.24) is 10.2 Å². The molecule has 0 spiro atoms. The van der Waals surface area contributed by atoms with Gasteiger partial charge in [0.05, 0.1) is 24.1 Å². The van der Waals surface area contributed by atoms with Gasteiger partial charge in [0.25, 0.3) is 0 Å². The quantitative estimate of drug-likeness (QED) is 0.403. The smallest absolute Gasteiger partial charge is 0.338 e. The monoisotopic (exact) mass is 479 g/mol. The Bertz CT molecular complexity index is 1080. The van der Waals surface area contributed by atoms with Gasteiger partial charge in [0.1, 0.15) is 0 Å². The predicted octanol–water partition coefficient (Wildman–Crippen LogP) is 5.15. The number of benzene rings is 2. The second-order valence-corrected chi connectivity index (χ2v) is 9.31. The Hall–Kier alpha value is -3.19. The van der Waals surface area contributed by atoms with E-state index in [1.807, 2.05) is 89.3 Å². The Morgan fingerprint density at radius 3 is 2.50 bits per heavy atom. The van der Waals surface area contributed by atoms with Crippen LogP contribution in [0.3, 0.4) is 0 Å². The number of hydrogen-bond donors (Lipinski definition) is 2. The van der Waals surface area contributed by atoms with Crippen molar-refractivity contribution in [2.24, 2.45) is 5.92 Å². The molecule has 2 N–H and O–H groups in total. The molecule has 7 heteroatoms. The standard InChI is InChI=1S/C27H33N3O3S/c1-6-22(19-11-8-7-9-12-19)25(31)28-21-14-10-13-20(15-21)24-23(26(32)33-16-17(2)3)18(4)30(5)27(34)29-24/h7-15,17,22,24H,6,16H2,1-5H3,(H,28,31)(H,29,34). The molecule has 1 amide bonds. The Labute approximate surface area is 207 Å². The number of hydrogen-bond acceptors (Lipinski definition) is 4. The van der Waals surface area contributed by atoms with Gasteiger partial charge < -0.3 is 20.3 Å². The molecule has 0 saturated heterocycles. The summed E-state index contributed by atoms with van der Waals surface area (Å²) in [6.07, 6.45) is 0.689. The van der Waals surface area contributed by atoms with Gasteiger partial charge in [-0.25, -0.2) is 4.79 Å². The highest BCUT2D eigenvalue weighted by molar-refractivity contribution is 7.80. The van der Waals surface area contributed by atoms with Gasteiger partial charge in [0.15, 0.2) is 5.11 Å². The number of rotatable bonds is 8. The maximum atomic E-state index is 13.1. The number of nitrogens with one attached hydrogen (secondary N) is 2. The molecular formula is C27H33N3O3S. The van der Waals surface area contributed by atoms with E-state index < -0.39 is 6.04 Å². The zero-order valence-corrected chi connectivity index (χ0v) is 21.2. The van der Waals surface area contributed by atoms with Crippen LogP contribution in [0.5, 0.6) is 0 Å². The van der Waals surface area contributed by atoms with Crippen molar-refractivity contribution in [3.05, 3.63) is 77.0 Å². The molecule has 1 aliphatic rings. The molecule has 0 saturated carbocycles. The maximum Gasteiger partial charge on any atom is 0.338 e. The molecule has 0 aliphatic carbocycles. The summed E-state index contributed by atoms with van der Waals surface area (Å²) in [5, 5.41) is 6.82. The van der Waals surface area contributed by atoms with Crippen LogP contribution in [0.1, 0.15) is 57.2 Å². The molecule has 6 nitrogen and oxygen atoms in total. The molecule has 180 valence electrons. The van der Waals surface area contributed by atoms with E-state index >= 15 is 0 Å². The number of anilines is 1. The van der Waals surface area contributed by atoms with Crippen molar-refractivity contribution in [3.8, 4) is 0 Å². The summed E-state index contributed by atoms with van der Waals surface area (Å²) in [4.78, 5) is 27.9. The molecule has 2 atom stereocenters. The number of amides is 1. The first-order valence-electron chi connectivity index (χ1n) is 11.6. The molecule has 3 rings (SSSR count). The highest BCUT2D eigenvalue weighted by Gasteiger charge is 2.33. The van der Waals surface area contributed by atoms with E-state index in [2.05, 4.69) is 10.6 Å². The van der Waals surface area contributed by atoms with Crippen molar-refractivity contribution in [2.45, 2.75) is 46.1 Å². The first kappa shape index (κ1) is 25.4. The Balaban J connectivity index is 1.88. The van der Waals surface area contributed by atoms with Gasteiger partial charge in [-0.2, -0.15) is 0 Å². The van der Waals surface area contributed by atoms with Crippen LogP contribution in [0.4, 0.5) is 5.69 Å². The van der Waals surface area contributed by atoms with E-state index in [9.17, 15) is 9.59 Å². The van der Waals surface area contributed by atoms with E-state index in [1.54, 1.807) is 4.90 Å². The lowest BCUT2D eigenvalue weighted by molar-refractivity contribution is -0.140. The van der Waals surface area contributed by atoms with E-state index in [4.69, 9.17) is 17.0 Å². The summed E-state index contributed by atoms with van der Waals surface area (Å²) >= 11 is 5.49. The first-order chi connectivity index (χ1) is 16.2. The number of esters is 1. The summed E-state index contributed by atoms with van der Waals surface area (Å²) in [7, 11) is 1.82. The summed E-state index contributed by atoms with van der Waals surface area (Å²) in [6.45, 7) is 8.20. The molecule has 0 bridgehead atoms. The number of ether oxygens (including phenoxy) is 1. The molecule has 2 unspecified atom stereocenters. The third-order valence-electron chi connectivity index (χ3n) is 5.94. The van der Waals surface area contributed by atoms with Crippen LogP contribution in [0, 0.1) is 5.92 Å². The molecular weight excluding hydrogens is 446 g/mol. The topological polar surface area (TPSA) is 70.7 Å². The normalized spacial score (nSPS) is 16.8. The lowest BCUT2D eigenvalue weighted by Crippen LogP contribution is -2.46. The lowest BCUT2D eigenvalue weighted by atomic mass is 9.94. The second-order valence-electron chi connectivity index (χ2n) is 8.92. The zero-order chi connectivity index (χ0) is 24.8. The molecule has 0 radical (unpaired) electrons. The summed E-state index contributed by atoms with van der Waals surface area (Å²) in [5.74, 6) is -0.459. The average Bonchev–Trinajstić information content (AvgIpc) is 2.82. The average molecular weight is 480 g/mol. The molecule has 2 aromatic carbocycles. The van der Waals surface area contributed by atoms with Gasteiger partial charge >= 0.3 is 5.97 Å². The van der Waals surface area contributed by atoms with Crippen LogP contribution < -0.4 is 10.6 Å². The van der Waals surface area contributed by atoms with Crippen molar-refractivity contribution >= 4 is 34.9 Å². The minimum atomic E-state index is -0.476. The van der Waals surface area contributed by atoms with Crippen LogP contribution in [0.15, 0.2) is 65.9 Å². The second kappa shape index (κ2) is 11.3. The number of allylic oxidation sites excluding steroid dienone is 1. The van der Waals surface area contributed by atoms with E-state index in [-0.39, 0.29) is 23.7 Å². The Morgan fingerprint density at radius 1 is 1.15 bits per heavy atom. The van der Waals surface area contributed by atoms with Crippen molar-refractivity contribution < 1.29 is 14.3 Å². The minimum absolute atomic E-state index is 0.0685. The number of carbonyl (C=O) groups is 2. The number of nitrogens with zero attached hydrogens (tertiary/aromatic N) is 1. The first-order valence-corrected chi connectivity index (χ1v) is 12.0. The highest BCUT2D eigenvalue weighted by Crippen LogP contribution is 2.32. The maximum absolute atomic E-state index is 13.1. The van der Waals surface area contributed by atoms with Gasteiger partial charge in [-0.1, -0.05) is 63.2 Å². The van der Waals surface area contributed by atoms with Crippen LogP contribution in [0.2, 0.25) is 0 Å². The zero-order valence-electron chi connectivity index (χ0n) is 20.4. The minimum Gasteiger partial charge on any atom is -0.462 e. The summed E-state index contributed by atoms with van der Waals surface area (Å²) in [6, 6.07) is 16.8. The largest absolute Gasteiger partial charge is 0.462 e. The van der Waals surface area contributed by atoms with Crippen molar-refractivity contribution in [1.29, 1.82) is 0 Å². The van der Waals surface area contributed by atoms with Crippen LogP contribution >= 0.6 is 12.2 Å². The van der Waals surface area contributed by atoms with Crippen molar-refractivity contribution in [3.63, 3.8) is 0 Å². The fraction of sp³-hybridized carbons (Fsp3) is 0.370. The fourth-order valence-corrected chi connectivity index (χ4v) is 4.21. The van der Waals surface area contributed by atoms with E-state index in [0.29, 0.717) is 29.4 Å². The fourth-order valence-electron chi connectivity index (χ4n) is 3.95. The van der Waals surface area contributed by atoms with Crippen LogP contribution in [-0.2, 0) is 14.3 Å². The van der Waals surface area contributed by atoms with E-state index in [1.165, 1.54) is 0 Å². The van der Waals surface area contributed by atoms with Crippen LogP contribution in [0.25, 0.3) is 0 Å². The molecule has 0 fully saturated rings. The molecule has 34 heavy (non-hydrogen) atoms. The summed E-state index contributed by atoms with van der Waals surface area (Å²) in [5.41, 5.74) is 3.71. The Kier molecular flexibility index (Phi) is 8.45.